The van der Waals surface area contributed by atoms with Gasteiger partial charge in [0.05, 0.1) is 0 Å². The molecular formula is C11H23NO2. The summed E-state index contributed by atoms with van der Waals surface area (Å²) >= 11 is 0. The predicted octanol–water partition coefficient (Wildman–Crippen LogP) is 2.07. The predicted molar refractivity (Wildman–Crippen MR) is 58.3 cm³/mol. The second-order valence-electron chi connectivity index (χ2n) is 4.74. The third-order valence-electron chi connectivity index (χ3n) is 2.53. The monoisotopic (exact) mass is 201 g/mol. The maximum Gasteiger partial charge on any atom is 0.303 e. The SMILES string of the molecule is CC(C)CC(C(C)CC(=O)O)N(C)C. The summed E-state index contributed by atoms with van der Waals surface area (Å²) in [5.74, 6) is 0.122. The van der Waals surface area contributed by atoms with E-state index in [1.54, 1.807) is 0 Å². The van der Waals surface area contributed by atoms with Crippen LogP contribution < -0.4 is 0 Å². The number of carboxylic acids is 1. The van der Waals surface area contributed by atoms with E-state index in [9.17, 15) is 4.79 Å². The quantitative estimate of drug-likeness (QED) is 0.715. The van der Waals surface area contributed by atoms with Crippen LogP contribution in [0.4, 0.5) is 0 Å². The molecule has 0 saturated carbocycles. The molecule has 0 fully saturated rings. The van der Waals surface area contributed by atoms with Crippen molar-refractivity contribution in [1.29, 1.82) is 0 Å². The van der Waals surface area contributed by atoms with Crippen molar-refractivity contribution in [3.05, 3.63) is 0 Å². The lowest BCUT2D eigenvalue weighted by Crippen LogP contribution is -2.36. The number of carbonyl (C=O) groups is 1. The Balaban J connectivity index is 4.25. The van der Waals surface area contributed by atoms with Crippen LogP contribution in [0, 0.1) is 11.8 Å². The Morgan fingerprint density at radius 2 is 1.79 bits per heavy atom. The molecule has 14 heavy (non-hydrogen) atoms. The summed E-state index contributed by atoms with van der Waals surface area (Å²) in [7, 11) is 4.04. The van der Waals surface area contributed by atoms with Crippen LogP contribution in [0.3, 0.4) is 0 Å². The van der Waals surface area contributed by atoms with Crippen molar-refractivity contribution >= 4 is 5.97 Å². The lowest BCUT2D eigenvalue weighted by molar-refractivity contribution is -0.138. The van der Waals surface area contributed by atoms with Crippen molar-refractivity contribution in [2.24, 2.45) is 11.8 Å². The molecule has 0 rings (SSSR count). The van der Waals surface area contributed by atoms with Gasteiger partial charge in [-0.1, -0.05) is 20.8 Å². The van der Waals surface area contributed by atoms with E-state index >= 15 is 0 Å². The molecule has 1 N–H and O–H groups in total. The second kappa shape index (κ2) is 6.02. The van der Waals surface area contributed by atoms with Gasteiger partial charge in [-0.25, -0.2) is 0 Å². The highest BCUT2D eigenvalue weighted by Crippen LogP contribution is 2.19. The minimum atomic E-state index is -0.701. The van der Waals surface area contributed by atoms with Crippen LogP contribution in [0.25, 0.3) is 0 Å². The lowest BCUT2D eigenvalue weighted by atomic mass is 9.90. The number of carboxylic acid groups (broad SMARTS) is 1. The van der Waals surface area contributed by atoms with Gasteiger partial charge in [-0.15, -0.1) is 0 Å². The molecule has 0 aliphatic rings. The van der Waals surface area contributed by atoms with Crippen molar-refractivity contribution < 1.29 is 9.90 Å². The van der Waals surface area contributed by atoms with E-state index in [1.165, 1.54) is 0 Å². The van der Waals surface area contributed by atoms with Crippen molar-refractivity contribution in [1.82, 2.24) is 4.90 Å². The van der Waals surface area contributed by atoms with Gasteiger partial charge in [0.25, 0.3) is 0 Å². The van der Waals surface area contributed by atoms with E-state index in [0.29, 0.717) is 12.0 Å². The first kappa shape index (κ1) is 13.4. The summed E-state index contributed by atoms with van der Waals surface area (Å²) in [5.41, 5.74) is 0. The number of nitrogens with zero attached hydrogens (tertiary/aromatic N) is 1. The van der Waals surface area contributed by atoms with Gasteiger partial charge in [0.2, 0.25) is 0 Å². The number of rotatable bonds is 6. The standard InChI is InChI=1S/C11H23NO2/c1-8(2)6-10(12(4)5)9(3)7-11(13)14/h8-10H,6-7H2,1-5H3,(H,13,14). The zero-order chi connectivity index (χ0) is 11.3. The Labute approximate surface area is 87.1 Å². The topological polar surface area (TPSA) is 40.5 Å². The highest BCUT2D eigenvalue weighted by atomic mass is 16.4. The van der Waals surface area contributed by atoms with Crippen LogP contribution in [0.5, 0.6) is 0 Å². The zero-order valence-electron chi connectivity index (χ0n) is 9.95. The summed E-state index contributed by atoms with van der Waals surface area (Å²) in [6.07, 6.45) is 1.32. The minimum Gasteiger partial charge on any atom is -0.481 e. The average molecular weight is 201 g/mol. The number of aliphatic carboxylic acids is 1. The maximum atomic E-state index is 10.6. The molecule has 3 heteroatoms. The van der Waals surface area contributed by atoms with Crippen molar-refractivity contribution in [3.63, 3.8) is 0 Å². The summed E-state index contributed by atoms with van der Waals surface area (Å²) in [5, 5.41) is 8.73. The molecule has 0 radical (unpaired) electrons. The fraction of sp³-hybridized carbons (Fsp3) is 0.909. The first-order valence-electron chi connectivity index (χ1n) is 5.22. The Hall–Kier alpha value is -0.570. The molecule has 0 spiro atoms. The van der Waals surface area contributed by atoms with Gasteiger partial charge in [0, 0.05) is 12.5 Å². The molecule has 2 unspecified atom stereocenters. The van der Waals surface area contributed by atoms with Crippen molar-refractivity contribution in [3.8, 4) is 0 Å². The molecule has 3 nitrogen and oxygen atoms in total. The van der Waals surface area contributed by atoms with Crippen LogP contribution in [0.2, 0.25) is 0 Å². The average Bonchev–Trinajstić information content (AvgIpc) is 1.97. The molecule has 0 aliphatic carbocycles. The zero-order valence-corrected chi connectivity index (χ0v) is 9.95. The Bertz CT molecular complexity index is 178. The van der Waals surface area contributed by atoms with E-state index in [2.05, 4.69) is 18.7 Å². The van der Waals surface area contributed by atoms with Gasteiger partial charge in [0.1, 0.15) is 0 Å². The normalized spacial score (nSPS) is 15.9. The minimum absolute atomic E-state index is 0.213. The first-order valence-corrected chi connectivity index (χ1v) is 5.22. The molecule has 0 aliphatic heterocycles. The third-order valence-corrected chi connectivity index (χ3v) is 2.53. The molecule has 0 aromatic heterocycles. The van der Waals surface area contributed by atoms with Crippen molar-refractivity contribution in [2.45, 2.75) is 39.7 Å². The van der Waals surface area contributed by atoms with E-state index in [0.717, 1.165) is 6.42 Å². The lowest BCUT2D eigenvalue weighted by Gasteiger charge is -2.30. The van der Waals surface area contributed by atoms with E-state index in [1.807, 2.05) is 21.0 Å². The molecular weight excluding hydrogens is 178 g/mol. The van der Waals surface area contributed by atoms with E-state index < -0.39 is 5.97 Å². The van der Waals surface area contributed by atoms with Gasteiger partial charge < -0.3 is 10.0 Å². The molecule has 0 amide bonds. The molecule has 0 aromatic carbocycles. The van der Waals surface area contributed by atoms with E-state index in [-0.39, 0.29) is 12.3 Å². The summed E-state index contributed by atoms with van der Waals surface area (Å²) in [4.78, 5) is 12.7. The van der Waals surface area contributed by atoms with Crippen LogP contribution in [-0.2, 0) is 4.79 Å². The van der Waals surface area contributed by atoms with Crippen LogP contribution in [0.15, 0.2) is 0 Å². The maximum absolute atomic E-state index is 10.6. The van der Waals surface area contributed by atoms with Crippen molar-refractivity contribution in [2.75, 3.05) is 14.1 Å². The third kappa shape index (κ3) is 5.22. The highest BCUT2D eigenvalue weighted by Gasteiger charge is 2.22. The van der Waals surface area contributed by atoms with Gasteiger partial charge in [-0.05, 0) is 32.4 Å². The number of hydrogen-bond acceptors (Lipinski definition) is 2. The molecule has 84 valence electrons. The van der Waals surface area contributed by atoms with E-state index in [4.69, 9.17) is 5.11 Å². The molecule has 0 saturated heterocycles. The summed E-state index contributed by atoms with van der Waals surface area (Å²) < 4.78 is 0. The van der Waals surface area contributed by atoms with Gasteiger partial charge >= 0.3 is 5.97 Å². The van der Waals surface area contributed by atoms with Gasteiger partial charge in [-0.3, -0.25) is 4.79 Å². The Morgan fingerprint density at radius 1 is 1.29 bits per heavy atom. The second-order valence-corrected chi connectivity index (χ2v) is 4.74. The largest absolute Gasteiger partial charge is 0.481 e. The summed E-state index contributed by atoms with van der Waals surface area (Å²) in [6.45, 7) is 6.36. The van der Waals surface area contributed by atoms with Crippen LogP contribution in [-0.4, -0.2) is 36.1 Å². The fourth-order valence-electron chi connectivity index (χ4n) is 1.85. The molecule has 0 heterocycles. The first-order chi connectivity index (χ1) is 6.34. The van der Waals surface area contributed by atoms with Crippen LogP contribution in [0.1, 0.15) is 33.6 Å². The summed E-state index contributed by atoms with van der Waals surface area (Å²) in [6, 6.07) is 0.367. The molecule has 0 aromatic rings. The fourth-order valence-corrected chi connectivity index (χ4v) is 1.85. The van der Waals surface area contributed by atoms with Crippen LogP contribution >= 0.6 is 0 Å². The number of hydrogen-bond donors (Lipinski definition) is 1. The Morgan fingerprint density at radius 3 is 2.07 bits per heavy atom. The smallest absolute Gasteiger partial charge is 0.303 e. The Kier molecular flexibility index (Phi) is 5.77. The molecule has 2 atom stereocenters. The molecule has 0 bridgehead atoms. The highest BCUT2D eigenvalue weighted by molar-refractivity contribution is 5.67. The van der Waals surface area contributed by atoms with Gasteiger partial charge in [0.15, 0.2) is 0 Å². The van der Waals surface area contributed by atoms with Gasteiger partial charge in [-0.2, -0.15) is 0 Å².